The van der Waals surface area contributed by atoms with Gasteiger partial charge in [0.15, 0.2) is 0 Å². The van der Waals surface area contributed by atoms with Crippen LogP contribution in [0.5, 0.6) is 11.5 Å². The quantitative estimate of drug-likeness (QED) is 0.857. The smallest absolute Gasteiger partial charge is 0.411 e. The Hall–Kier alpha value is -1.91. The molecule has 0 heterocycles. The molecule has 0 bridgehead atoms. The second-order valence-corrected chi connectivity index (χ2v) is 4.14. The van der Waals surface area contributed by atoms with Crippen molar-refractivity contribution in [3.8, 4) is 11.5 Å². The Labute approximate surface area is 113 Å². The molecule has 0 atom stereocenters. The number of amides is 1. The van der Waals surface area contributed by atoms with E-state index in [0.717, 1.165) is 0 Å². The molecule has 0 saturated heterocycles. The first kappa shape index (κ1) is 15.1. The van der Waals surface area contributed by atoms with Crippen molar-refractivity contribution >= 4 is 11.8 Å². The van der Waals surface area contributed by atoms with Crippen molar-refractivity contribution in [1.82, 2.24) is 0 Å². The van der Waals surface area contributed by atoms with Gasteiger partial charge in [0, 0.05) is 18.2 Å². The summed E-state index contributed by atoms with van der Waals surface area (Å²) in [6.45, 7) is 8.47. The lowest BCUT2D eigenvalue weighted by molar-refractivity contribution is 0.130. The summed E-state index contributed by atoms with van der Waals surface area (Å²) in [4.78, 5) is 11.5. The zero-order valence-corrected chi connectivity index (χ0v) is 11.9. The third-order valence-electron chi connectivity index (χ3n) is 2.09. The maximum Gasteiger partial charge on any atom is 0.411 e. The van der Waals surface area contributed by atoms with E-state index in [0.29, 0.717) is 30.4 Å². The SMILES string of the molecule is CCOc1cc(NC(=O)OC(C)C)cc(OCC)c1. The van der Waals surface area contributed by atoms with E-state index >= 15 is 0 Å². The lowest BCUT2D eigenvalue weighted by Crippen LogP contribution is -2.18. The Morgan fingerprint density at radius 3 is 2.05 bits per heavy atom. The highest BCUT2D eigenvalue weighted by Gasteiger charge is 2.08. The zero-order chi connectivity index (χ0) is 14.3. The maximum absolute atomic E-state index is 11.5. The Kier molecular flexibility index (Phi) is 5.99. The fourth-order valence-corrected chi connectivity index (χ4v) is 1.51. The molecule has 0 saturated carbocycles. The Balaban J connectivity index is 2.83. The van der Waals surface area contributed by atoms with Crippen molar-refractivity contribution in [2.45, 2.75) is 33.8 Å². The summed E-state index contributed by atoms with van der Waals surface area (Å²) in [5.41, 5.74) is 0.583. The number of ether oxygens (including phenoxy) is 3. The van der Waals surface area contributed by atoms with E-state index in [4.69, 9.17) is 14.2 Å². The Bertz CT molecular complexity index is 394. The molecule has 5 nitrogen and oxygen atoms in total. The number of anilines is 1. The third-order valence-corrected chi connectivity index (χ3v) is 2.09. The number of benzene rings is 1. The summed E-state index contributed by atoms with van der Waals surface area (Å²) in [5, 5.41) is 2.65. The van der Waals surface area contributed by atoms with Crippen LogP contribution in [0.1, 0.15) is 27.7 Å². The molecule has 106 valence electrons. The van der Waals surface area contributed by atoms with E-state index in [2.05, 4.69) is 5.32 Å². The first-order valence-electron chi connectivity index (χ1n) is 6.43. The van der Waals surface area contributed by atoms with Crippen molar-refractivity contribution in [2.24, 2.45) is 0 Å². The number of hydrogen-bond donors (Lipinski definition) is 1. The van der Waals surface area contributed by atoms with Crippen molar-refractivity contribution in [3.05, 3.63) is 18.2 Å². The molecular weight excluding hydrogens is 246 g/mol. The minimum Gasteiger partial charge on any atom is -0.494 e. The van der Waals surface area contributed by atoms with E-state index in [1.54, 1.807) is 32.0 Å². The largest absolute Gasteiger partial charge is 0.494 e. The predicted molar refractivity (Wildman–Crippen MR) is 74.0 cm³/mol. The molecule has 0 aromatic heterocycles. The van der Waals surface area contributed by atoms with Gasteiger partial charge >= 0.3 is 6.09 Å². The van der Waals surface area contributed by atoms with Crippen LogP contribution >= 0.6 is 0 Å². The number of hydrogen-bond acceptors (Lipinski definition) is 4. The first-order valence-corrected chi connectivity index (χ1v) is 6.43. The van der Waals surface area contributed by atoms with E-state index in [1.807, 2.05) is 13.8 Å². The van der Waals surface area contributed by atoms with Gasteiger partial charge in [-0.1, -0.05) is 0 Å². The molecule has 1 aromatic carbocycles. The molecule has 0 unspecified atom stereocenters. The summed E-state index contributed by atoms with van der Waals surface area (Å²) in [6.07, 6.45) is -0.660. The summed E-state index contributed by atoms with van der Waals surface area (Å²) < 4.78 is 15.9. The van der Waals surface area contributed by atoms with Crippen LogP contribution in [0.25, 0.3) is 0 Å². The minimum atomic E-state index is -0.494. The summed E-state index contributed by atoms with van der Waals surface area (Å²) >= 11 is 0. The van der Waals surface area contributed by atoms with Crippen molar-refractivity contribution in [1.29, 1.82) is 0 Å². The second-order valence-electron chi connectivity index (χ2n) is 4.14. The van der Waals surface area contributed by atoms with Crippen molar-refractivity contribution < 1.29 is 19.0 Å². The first-order chi connectivity index (χ1) is 9.05. The summed E-state index contributed by atoms with van der Waals surface area (Å²) in [7, 11) is 0. The van der Waals surface area contributed by atoms with Gasteiger partial charge in [-0.25, -0.2) is 4.79 Å². The van der Waals surface area contributed by atoms with Crippen LogP contribution in [0.4, 0.5) is 10.5 Å². The van der Waals surface area contributed by atoms with E-state index < -0.39 is 6.09 Å². The number of carbonyl (C=O) groups excluding carboxylic acids is 1. The molecule has 1 rings (SSSR count). The predicted octanol–water partition coefficient (Wildman–Crippen LogP) is 3.44. The van der Waals surface area contributed by atoms with Crippen LogP contribution in [0.2, 0.25) is 0 Å². The lowest BCUT2D eigenvalue weighted by atomic mass is 10.3. The zero-order valence-electron chi connectivity index (χ0n) is 11.9. The fraction of sp³-hybridized carbons (Fsp3) is 0.500. The van der Waals surface area contributed by atoms with Gasteiger partial charge in [-0.15, -0.1) is 0 Å². The van der Waals surface area contributed by atoms with Crippen LogP contribution in [0.3, 0.4) is 0 Å². The van der Waals surface area contributed by atoms with Gasteiger partial charge in [0.2, 0.25) is 0 Å². The van der Waals surface area contributed by atoms with Gasteiger partial charge in [0.1, 0.15) is 11.5 Å². The summed E-state index contributed by atoms with van der Waals surface area (Å²) in [6, 6.07) is 5.24. The highest BCUT2D eigenvalue weighted by molar-refractivity contribution is 5.85. The number of nitrogens with one attached hydrogen (secondary N) is 1. The van der Waals surface area contributed by atoms with Gasteiger partial charge in [-0.05, 0) is 27.7 Å². The molecule has 0 aliphatic heterocycles. The molecule has 1 N–H and O–H groups in total. The normalized spacial score (nSPS) is 10.2. The highest BCUT2D eigenvalue weighted by atomic mass is 16.6. The van der Waals surface area contributed by atoms with Crippen molar-refractivity contribution in [2.75, 3.05) is 18.5 Å². The topological polar surface area (TPSA) is 56.8 Å². The third kappa shape index (κ3) is 5.50. The molecular formula is C14H21NO4. The average Bonchev–Trinajstić information content (AvgIpc) is 2.28. The molecule has 0 fully saturated rings. The molecule has 0 spiro atoms. The minimum absolute atomic E-state index is 0.165. The van der Waals surface area contributed by atoms with Crippen molar-refractivity contribution in [3.63, 3.8) is 0 Å². The molecule has 1 amide bonds. The average molecular weight is 267 g/mol. The van der Waals surface area contributed by atoms with Crippen LogP contribution < -0.4 is 14.8 Å². The van der Waals surface area contributed by atoms with Gasteiger partial charge < -0.3 is 14.2 Å². The Morgan fingerprint density at radius 1 is 1.11 bits per heavy atom. The van der Waals surface area contributed by atoms with Crippen LogP contribution in [-0.4, -0.2) is 25.4 Å². The number of carbonyl (C=O) groups is 1. The second kappa shape index (κ2) is 7.51. The highest BCUT2D eigenvalue weighted by Crippen LogP contribution is 2.26. The maximum atomic E-state index is 11.5. The van der Waals surface area contributed by atoms with Crippen LogP contribution in [0.15, 0.2) is 18.2 Å². The van der Waals surface area contributed by atoms with E-state index in [1.165, 1.54) is 0 Å². The van der Waals surface area contributed by atoms with Gasteiger partial charge in [0.05, 0.1) is 25.0 Å². The molecule has 5 heteroatoms. The molecule has 0 aliphatic rings. The Morgan fingerprint density at radius 2 is 1.63 bits per heavy atom. The fourth-order valence-electron chi connectivity index (χ4n) is 1.51. The lowest BCUT2D eigenvalue weighted by Gasteiger charge is -2.13. The van der Waals surface area contributed by atoms with Gasteiger partial charge in [-0.3, -0.25) is 5.32 Å². The monoisotopic (exact) mass is 267 g/mol. The van der Waals surface area contributed by atoms with Crippen LogP contribution in [-0.2, 0) is 4.74 Å². The molecule has 19 heavy (non-hydrogen) atoms. The van der Waals surface area contributed by atoms with E-state index in [-0.39, 0.29) is 6.10 Å². The van der Waals surface area contributed by atoms with Gasteiger partial charge in [-0.2, -0.15) is 0 Å². The molecule has 0 aliphatic carbocycles. The number of rotatable bonds is 6. The molecule has 1 aromatic rings. The standard InChI is InChI=1S/C14H21NO4/c1-5-17-12-7-11(8-13(9-12)18-6-2)15-14(16)19-10(3)4/h7-10H,5-6H2,1-4H3,(H,15,16). The molecule has 0 radical (unpaired) electrons. The van der Waals surface area contributed by atoms with Crippen LogP contribution in [0, 0.1) is 0 Å². The van der Waals surface area contributed by atoms with Gasteiger partial charge in [0.25, 0.3) is 0 Å². The summed E-state index contributed by atoms with van der Waals surface area (Å²) in [5.74, 6) is 1.29. The van der Waals surface area contributed by atoms with E-state index in [9.17, 15) is 4.79 Å².